The molecule has 1 atom stereocenters. The summed E-state index contributed by atoms with van der Waals surface area (Å²) in [4.78, 5) is 4.99. The Kier molecular flexibility index (Phi) is 6.59. The molecule has 0 amide bonds. The Hall–Kier alpha value is -2.51. The van der Waals surface area contributed by atoms with Crippen LogP contribution in [0.4, 0.5) is 0 Å². The first-order valence-corrected chi connectivity index (χ1v) is 9.50. The molecule has 3 rings (SSSR count). The average Bonchev–Trinajstić information content (AvgIpc) is 2.69. The summed E-state index contributed by atoms with van der Waals surface area (Å²) in [7, 11) is 1.46. The fourth-order valence-electron chi connectivity index (χ4n) is 3.04. The van der Waals surface area contributed by atoms with Crippen molar-refractivity contribution in [2.24, 2.45) is 5.16 Å². The molecule has 0 spiro atoms. The number of allylic oxidation sites excluding steroid dienone is 6. The van der Waals surface area contributed by atoms with E-state index in [9.17, 15) is 5.26 Å². The Morgan fingerprint density at radius 2 is 1.68 bits per heavy atom. The predicted molar refractivity (Wildman–Crippen MR) is 116 cm³/mol. The number of rotatable bonds is 4. The van der Waals surface area contributed by atoms with Gasteiger partial charge in [0.15, 0.2) is 0 Å². The molecule has 0 heterocycles. The fraction of sp³-hybridized carbons (Fsp3) is 0.0909. The van der Waals surface area contributed by atoms with Crippen LogP contribution in [0.3, 0.4) is 0 Å². The predicted octanol–water partition coefficient (Wildman–Crippen LogP) is 6.75. The molecule has 1 aliphatic carbocycles. The van der Waals surface area contributed by atoms with Crippen LogP contribution in [0.2, 0.25) is 10.0 Å². The van der Waals surface area contributed by atoms with Crippen molar-refractivity contribution in [3.05, 3.63) is 98.5 Å². The third-order valence-corrected chi connectivity index (χ3v) is 5.15. The minimum atomic E-state index is -0.696. The van der Waals surface area contributed by atoms with Crippen LogP contribution in [0.15, 0.2) is 82.5 Å². The number of benzene rings is 2. The van der Waals surface area contributed by atoms with E-state index in [0.717, 1.165) is 0 Å². The minimum absolute atomic E-state index is 0.492. The molecule has 2 aromatic rings. The van der Waals surface area contributed by atoms with Crippen LogP contribution in [0.25, 0.3) is 5.57 Å². The fourth-order valence-corrected chi connectivity index (χ4v) is 3.69. The first-order valence-electron chi connectivity index (χ1n) is 8.36. The summed E-state index contributed by atoms with van der Waals surface area (Å²) in [6.45, 7) is 0. The molecule has 0 aliphatic heterocycles. The molecule has 0 bridgehead atoms. The summed E-state index contributed by atoms with van der Waals surface area (Å²) < 4.78 is 0. The molecular formula is C22H15Cl3N2O. The maximum Gasteiger partial charge on any atom is 0.110 e. The van der Waals surface area contributed by atoms with Crippen molar-refractivity contribution in [3.8, 4) is 6.07 Å². The van der Waals surface area contributed by atoms with Gasteiger partial charge in [-0.1, -0.05) is 76.4 Å². The molecule has 3 nitrogen and oxygen atoms in total. The van der Waals surface area contributed by atoms with Gasteiger partial charge < -0.3 is 4.84 Å². The maximum absolute atomic E-state index is 10.1. The van der Waals surface area contributed by atoms with E-state index in [4.69, 9.17) is 39.6 Å². The second kappa shape index (κ2) is 9.12. The van der Waals surface area contributed by atoms with Crippen LogP contribution in [0.5, 0.6) is 0 Å². The zero-order valence-electron chi connectivity index (χ0n) is 14.9. The smallest absolute Gasteiger partial charge is 0.110 e. The zero-order valence-corrected chi connectivity index (χ0v) is 17.1. The lowest BCUT2D eigenvalue weighted by Gasteiger charge is -2.22. The Morgan fingerprint density at radius 1 is 1.00 bits per heavy atom. The van der Waals surface area contributed by atoms with E-state index in [0.29, 0.717) is 43.1 Å². The number of hydrogen-bond acceptors (Lipinski definition) is 3. The summed E-state index contributed by atoms with van der Waals surface area (Å²) >= 11 is 19.2. The van der Waals surface area contributed by atoms with Crippen molar-refractivity contribution in [1.82, 2.24) is 0 Å². The summed E-state index contributed by atoms with van der Waals surface area (Å²) in [6.07, 6.45) is 5.20. The van der Waals surface area contributed by atoms with Crippen molar-refractivity contribution < 1.29 is 4.84 Å². The normalized spacial score (nSPS) is 17.7. The van der Waals surface area contributed by atoms with Gasteiger partial charge in [0.1, 0.15) is 12.8 Å². The van der Waals surface area contributed by atoms with Gasteiger partial charge in [0.2, 0.25) is 0 Å². The van der Waals surface area contributed by atoms with E-state index in [-0.39, 0.29) is 0 Å². The second-order valence-corrected chi connectivity index (χ2v) is 7.16. The molecular weight excluding hydrogens is 415 g/mol. The van der Waals surface area contributed by atoms with Crippen molar-refractivity contribution >= 4 is 46.1 Å². The summed E-state index contributed by atoms with van der Waals surface area (Å²) in [6, 6.07) is 16.9. The van der Waals surface area contributed by atoms with Gasteiger partial charge >= 0.3 is 0 Å². The lowest BCUT2D eigenvalue weighted by molar-refractivity contribution is 0.214. The van der Waals surface area contributed by atoms with E-state index < -0.39 is 5.92 Å². The molecule has 0 saturated carbocycles. The van der Waals surface area contributed by atoms with Gasteiger partial charge in [-0.25, -0.2) is 0 Å². The monoisotopic (exact) mass is 428 g/mol. The molecule has 0 radical (unpaired) electrons. The summed E-state index contributed by atoms with van der Waals surface area (Å²) in [5.41, 5.74) is 3.21. The number of nitriles is 1. The van der Waals surface area contributed by atoms with Gasteiger partial charge in [-0.05, 0) is 47.1 Å². The minimum Gasteiger partial charge on any atom is -0.399 e. The van der Waals surface area contributed by atoms with E-state index >= 15 is 0 Å². The molecule has 0 fully saturated rings. The standard InChI is InChI=1S/C22H15Cl3N2O/c1-28-27-21-11-10-14(23)12-17(21)22(16-7-3-5-9-20(16)25)18(13-26)15-6-2-4-8-19(15)24/h2-12,18H,1H3/b22-17-,27-21-. The van der Waals surface area contributed by atoms with Crippen LogP contribution < -0.4 is 0 Å². The number of oxime groups is 1. The van der Waals surface area contributed by atoms with Crippen LogP contribution in [0, 0.1) is 11.3 Å². The van der Waals surface area contributed by atoms with Crippen molar-refractivity contribution in [2.75, 3.05) is 7.11 Å². The largest absolute Gasteiger partial charge is 0.399 e. The molecule has 0 saturated heterocycles. The number of hydrogen-bond donors (Lipinski definition) is 0. The topological polar surface area (TPSA) is 45.4 Å². The molecule has 1 unspecified atom stereocenters. The van der Waals surface area contributed by atoms with E-state index in [2.05, 4.69) is 11.2 Å². The van der Waals surface area contributed by atoms with Crippen LogP contribution in [-0.2, 0) is 4.84 Å². The quantitative estimate of drug-likeness (QED) is 0.505. The Morgan fingerprint density at radius 3 is 2.32 bits per heavy atom. The Bertz CT molecular complexity index is 1060. The average molecular weight is 430 g/mol. The summed E-state index contributed by atoms with van der Waals surface area (Å²) in [5, 5.41) is 15.7. The summed E-state index contributed by atoms with van der Waals surface area (Å²) in [5.74, 6) is -0.696. The molecule has 1 aliphatic rings. The number of halogens is 3. The lowest BCUT2D eigenvalue weighted by atomic mass is 9.82. The molecule has 2 aromatic carbocycles. The van der Waals surface area contributed by atoms with E-state index in [1.54, 1.807) is 30.4 Å². The van der Waals surface area contributed by atoms with E-state index in [1.807, 2.05) is 36.4 Å². The molecule has 6 heteroatoms. The van der Waals surface area contributed by atoms with Gasteiger partial charge in [-0.3, -0.25) is 0 Å². The van der Waals surface area contributed by atoms with Gasteiger partial charge in [0.25, 0.3) is 0 Å². The third kappa shape index (κ3) is 4.15. The van der Waals surface area contributed by atoms with Crippen molar-refractivity contribution in [1.29, 1.82) is 5.26 Å². The molecule has 28 heavy (non-hydrogen) atoms. The van der Waals surface area contributed by atoms with Crippen LogP contribution >= 0.6 is 34.8 Å². The van der Waals surface area contributed by atoms with Crippen LogP contribution in [-0.4, -0.2) is 12.8 Å². The van der Waals surface area contributed by atoms with Crippen LogP contribution in [0.1, 0.15) is 17.0 Å². The first-order chi connectivity index (χ1) is 13.6. The second-order valence-electron chi connectivity index (χ2n) is 5.91. The highest BCUT2D eigenvalue weighted by Gasteiger charge is 2.27. The Labute approximate surface area is 178 Å². The maximum atomic E-state index is 10.1. The first kappa shape index (κ1) is 20.2. The highest BCUT2D eigenvalue weighted by Crippen LogP contribution is 2.41. The van der Waals surface area contributed by atoms with Crippen molar-refractivity contribution in [3.63, 3.8) is 0 Å². The van der Waals surface area contributed by atoms with Crippen molar-refractivity contribution in [2.45, 2.75) is 5.92 Å². The highest BCUT2D eigenvalue weighted by molar-refractivity contribution is 6.35. The molecule has 0 N–H and O–H groups in total. The SMILES string of the molecule is CO/N=C1/C=CC(Cl)=C/C1=C(\c1ccccc1Cl)C(C#N)c1ccccc1Cl. The van der Waals surface area contributed by atoms with Gasteiger partial charge in [0.05, 0.1) is 12.0 Å². The molecule has 140 valence electrons. The van der Waals surface area contributed by atoms with Gasteiger partial charge in [-0.2, -0.15) is 5.26 Å². The number of nitrogens with zero attached hydrogens (tertiary/aromatic N) is 2. The zero-order chi connectivity index (χ0) is 20.1. The lowest BCUT2D eigenvalue weighted by Crippen LogP contribution is -2.11. The van der Waals surface area contributed by atoms with Gasteiger partial charge in [-0.15, -0.1) is 0 Å². The van der Waals surface area contributed by atoms with Gasteiger partial charge in [0, 0.05) is 20.7 Å². The molecule has 0 aromatic heterocycles. The third-order valence-electron chi connectivity index (χ3n) is 4.24. The van der Waals surface area contributed by atoms with E-state index in [1.165, 1.54) is 7.11 Å². The highest BCUT2D eigenvalue weighted by atomic mass is 35.5. The Balaban J connectivity index is 2.38.